The van der Waals surface area contributed by atoms with E-state index in [-0.39, 0.29) is 0 Å². The van der Waals surface area contributed by atoms with Gasteiger partial charge >= 0.3 is 6.18 Å². The van der Waals surface area contributed by atoms with Crippen molar-refractivity contribution in [2.75, 3.05) is 13.2 Å². The second-order valence-electron chi connectivity index (χ2n) is 5.31. The fourth-order valence-electron chi connectivity index (χ4n) is 2.30. The summed E-state index contributed by atoms with van der Waals surface area (Å²) in [4.78, 5) is 12.0. The van der Waals surface area contributed by atoms with E-state index in [0.717, 1.165) is 12.1 Å². The first-order valence-electron chi connectivity index (χ1n) is 8.26. The fraction of sp³-hybridized carbons (Fsp3) is 0.263. The van der Waals surface area contributed by atoms with Gasteiger partial charge in [-0.05, 0) is 49.7 Å². The van der Waals surface area contributed by atoms with Crippen LogP contribution >= 0.6 is 0 Å². The minimum atomic E-state index is -4.63. The molecule has 1 amide bonds. The summed E-state index contributed by atoms with van der Waals surface area (Å²) in [5.41, 5.74) is 1.19. The Labute approximate surface area is 154 Å². The molecule has 0 unspecified atom stereocenters. The van der Waals surface area contributed by atoms with Crippen LogP contribution in [-0.2, 0) is 6.18 Å². The summed E-state index contributed by atoms with van der Waals surface area (Å²) in [7, 11) is 0. The molecule has 0 bridgehead atoms. The number of ether oxygens (including phenoxy) is 2. The van der Waals surface area contributed by atoms with Crippen molar-refractivity contribution < 1.29 is 27.4 Å². The molecule has 144 valence electrons. The summed E-state index contributed by atoms with van der Waals surface area (Å²) in [6.07, 6.45) is -3.31. The average molecular weight is 380 g/mol. The zero-order chi connectivity index (χ0) is 19.9. The molecule has 0 heterocycles. The van der Waals surface area contributed by atoms with Crippen LogP contribution in [-0.4, -0.2) is 25.3 Å². The number of hydrazone groups is 1. The van der Waals surface area contributed by atoms with Crippen molar-refractivity contribution in [3.05, 3.63) is 59.2 Å². The van der Waals surface area contributed by atoms with Crippen LogP contribution in [0.1, 0.15) is 35.3 Å². The third-order valence-corrected chi connectivity index (χ3v) is 3.42. The normalized spacial score (nSPS) is 11.4. The SMILES string of the molecule is CCOc1ccc(/C=N/NC(=O)c2ccccc2C(F)(F)F)cc1OCC. The van der Waals surface area contributed by atoms with Crippen molar-refractivity contribution in [3.63, 3.8) is 0 Å². The zero-order valence-corrected chi connectivity index (χ0v) is 14.8. The van der Waals surface area contributed by atoms with Gasteiger partial charge in [0.2, 0.25) is 0 Å². The van der Waals surface area contributed by atoms with Crippen molar-refractivity contribution in [1.82, 2.24) is 5.43 Å². The highest BCUT2D eigenvalue weighted by Crippen LogP contribution is 2.31. The maximum Gasteiger partial charge on any atom is 0.417 e. The number of nitrogens with one attached hydrogen (secondary N) is 1. The molecular formula is C19H19F3N2O3. The lowest BCUT2D eigenvalue weighted by atomic mass is 10.1. The lowest BCUT2D eigenvalue weighted by molar-refractivity contribution is -0.137. The van der Waals surface area contributed by atoms with Crippen molar-refractivity contribution in [1.29, 1.82) is 0 Å². The van der Waals surface area contributed by atoms with E-state index < -0.39 is 23.2 Å². The van der Waals surface area contributed by atoms with Gasteiger partial charge in [0, 0.05) is 0 Å². The molecule has 0 atom stereocenters. The summed E-state index contributed by atoms with van der Waals surface area (Å²) >= 11 is 0. The molecule has 0 fully saturated rings. The number of alkyl halides is 3. The number of carbonyl (C=O) groups is 1. The molecule has 2 aromatic carbocycles. The monoisotopic (exact) mass is 380 g/mol. The maximum absolute atomic E-state index is 13.0. The molecule has 5 nitrogen and oxygen atoms in total. The van der Waals surface area contributed by atoms with Crippen molar-refractivity contribution in [2.24, 2.45) is 5.10 Å². The van der Waals surface area contributed by atoms with Gasteiger partial charge in [-0.1, -0.05) is 12.1 Å². The molecule has 0 aliphatic carbocycles. The van der Waals surface area contributed by atoms with Gasteiger partial charge in [0.25, 0.3) is 5.91 Å². The number of amides is 1. The quantitative estimate of drug-likeness (QED) is 0.577. The number of carbonyl (C=O) groups excluding carboxylic acids is 1. The van der Waals surface area contributed by atoms with Crippen molar-refractivity contribution in [3.8, 4) is 11.5 Å². The Morgan fingerprint density at radius 2 is 1.74 bits per heavy atom. The number of hydrogen-bond donors (Lipinski definition) is 1. The Hall–Kier alpha value is -3.03. The Balaban J connectivity index is 2.14. The third-order valence-electron chi connectivity index (χ3n) is 3.42. The summed E-state index contributed by atoms with van der Waals surface area (Å²) in [6, 6.07) is 9.56. The summed E-state index contributed by atoms with van der Waals surface area (Å²) in [5, 5.41) is 3.73. The highest BCUT2D eigenvalue weighted by molar-refractivity contribution is 5.96. The van der Waals surface area contributed by atoms with Gasteiger partial charge in [-0.3, -0.25) is 4.79 Å². The first-order valence-corrected chi connectivity index (χ1v) is 8.26. The van der Waals surface area contributed by atoms with Crippen LogP contribution in [0.3, 0.4) is 0 Å². The first-order chi connectivity index (χ1) is 12.9. The summed E-state index contributed by atoms with van der Waals surface area (Å²) in [6.45, 7) is 4.59. The smallest absolute Gasteiger partial charge is 0.417 e. The number of hydrogen-bond acceptors (Lipinski definition) is 4. The minimum absolute atomic E-state index is 0.436. The predicted molar refractivity (Wildman–Crippen MR) is 95.3 cm³/mol. The molecule has 0 aliphatic rings. The first kappa shape index (κ1) is 20.3. The number of rotatable bonds is 7. The topological polar surface area (TPSA) is 59.9 Å². The van der Waals surface area contributed by atoms with Crippen molar-refractivity contribution >= 4 is 12.1 Å². The largest absolute Gasteiger partial charge is 0.490 e. The molecule has 0 aromatic heterocycles. The Bertz CT molecular complexity index is 820. The molecule has 0 spiro atoms. The van der Waals surface area contributed by atoms with E-state index in [9.17, 15) is 18.0 Å². The molecule has 27 heavy (non-hydrogen) atoms. The third kappa shape index (κ3) is 5.47. The van der Waals surface area contributed by atoms with E-state index in [1.165, 1.54) is 18.3 Å². The Morgan fingerprint density at radius 3 is 2.41 bits per heavy atom. The van der Waals surface area contributed by atoms with Gasteiger partial charge in [-0.15, -0.1) is 0 Å². The highest BCUT2D eigenvalue weighted by Gasteiger charge is 2.34. The van der Waals surface area contributed by atoms with E-state index in [0.29, 0.717) is 30.3 Å². The standard InChI is InChI=1S/C19H19F3N2O3/c1-3-26-16-10-9-13(11-17(16)27-4-2)12-23-24-18(25)14-7-5-6-8-15(14)19(20,21)22/h5-12H,3-4H2,1-2H3,(H,24,25)/b23-12+. The summed E-state index contributed by atoms with van der Waals surface area (Å²) in [5.74, 6) is 0.131. The van der Waals surface area contributed by atoms with Gasteiger partial charge in [-0.25, -0.2) is 5.43 Å². The average Bonchev–Trinajstić information content (AvgIpc) is 2.63. The summed E-state index contributed by atoms with van der Waals surface area (Å²) < 4.78 is 49.8. The van der Waals surface area contributed by atoms with Crippen LogP contribution in [0.25, 0.3) is 0 Å². The van der Waals surface area contributed by atoms with Crippen LogP contribution in [0.5, 0.6) is 11.5 Å². The van der Waals surface area contributed by atoms with Gasteiger partial charge in [0.15, 0.2) is 11.5 Å². The highest BCUT2D eigenvalue weighted by atomic mass is 19.4. The maximum atomic E-state index is 13.0. The number of benzene rings is 2. The predicted octanol–water partition coefficient (Wildman–Crippen LogP) is 4.27. The van der Waals surface area contributed by atoms with Crippen LogP contribution in [0.15, 0.2) is 47.6 Å². The van der Waals surface area contributed by atoms with E-state index in [1.54, 1.807) is 18.2 Å². The molecule has 0 saturated heterocycles. The van der Waals surface area contributed by atoms with Crippen LogP contribution < -0.4 is 14.9 Å². The fourth-order valence-corrected chi connectivity index (χ4v) is 2.30. The molecular weight excluding hydrogens is 361 g/mol. The van der Waals surface area contributed by atoms with Crippen LogP contribution in [0, 0.1) is 0 Å². The lowest BCUT2D eigenvalue weighted by Gasteiger charge is -2.11. The van der Waals surface area contributed by atoms with E-state index >= 15 is 0 Å². The lowest BCUT2D eigenvalue weighted by Crippen LogP contribution is -2.22. The van der Waals surface area contributed by atoms with Gasteiger partial charge in [-0.2, -0.15) is 18.3 Å². The van der Waals surface area contributed by atoms with Gasteiger partial charge in [0.05, 0.1) is 30.6 Å². The van der Waals surface area contributed by atoms with E-state index in [4.69, 9.17) is 9.47 Å². The molecule has 0 aliphatic heterocycles. The molecule has 8 heteroatoms. The Morgan fingerprint density at radius 1 is 1.07 bits per heavy atom. The molecule has 0 saturated carbocycles. The van der Waals surface area contributed by atoms with E-state index in [2.05, 4.69) is 10.5 Å². The zero-order valence-electron chi connectivity index (χ0n) is 14.8. The molecule has 1 N–H and O–H groups in total. The number of nitrogens with zero attached hydrogens (tertiary/aromatic N) is 1. The van der Waals surface area contributed by atoms with E-state index in [1.807, 2.05) is 13.8 Å². The van der Waals surface area contributed by atoms with Crippen LogP contribution in [0.4, 0.5) is 13.2 Å². The Kier molecular flexibility index (Phi) is 6.81. The molecule has 2 aromatic rings. The number of halogens is 3. The molecule has 0 radical (unpaired) electrons. The van der Waals surface area contributed by atoms with Crippen molar-refractivity contribution in [2.45, 2.75) is 20.0 Å². The van der Waals surface area contributed by atoms with Gasteiger partial charge in [0.1, 0.15) is 0 Å². The van der Waals surface area contributed by atoms with Crippen LogP contribution in [0.2, 0.25) is 0 Å². The molecule has 2 rings (SSSR count). The van der Waals surface area contributed by atoms with Gasteiger partial charge < -0.3 is 9.47 Å². The second-order valence-corrected chi connectivity index (χ2v) is 5.31. The minimum Gasteiger partial charge on any atom is -0.490 e. The second kappa shape index (κ2) is 9.07.